The van der Waals surface area contributed by atoms with Gasteiger partial charge in [-0.25, -0.2) is 9.97 Å². The van der Waals surface area contributed by atoms with E-state index in [0.29, 0.717) is 11.3 Å². The lowest BCUT2D eigenvalue weighted by atomic mass is 10.2. The van der Waals surface area contributed by atoms with Crippen LogP contribution in [-0.2, 0) is 12.7 Å². The van der Waals surface area contributed by atoms with Crippen molar-refractivity contribution in [2.75, 3.05) is 11.9 Å². The van der Waals surface area contributed by atoms with Crippen molar-refractivity contribution in [3.05, 3.63) is 47.9 Å². The zero-order chi connectivity index (χ0) is 15.7. The number of fused-ring (bicyclic) bond motifs is 1. The zero-order valence-corrected chi connectivity index (χ0v) is 11.5. The molecule has 0 aliphatic rings. The van der Waals surface area contributed by atoms with Gasteiger partial charge in [0.15, 0.2) is 5.58 Å². The molecule has 1 aromatic carbocycles. The first-order valence-electron chi connectivity index (χ1n) is 6.40. The Morgan fingerprint density at radius 1 is 1.18 bits per heavy atom. The lowest BCUT2D eigenvalue weighted by molar-refractivity contribution is -0.141. The van der Waals surface area contributed by atoms with Crippen LogP contribution in [0.5, 0.6) is 0 Å². The quantitative estimate of drug-likeness (QED) is 0.743. The first-order valence-corrected chi connectivity index (χ1v) is 6.40. The van der Waals surface area contributed by atoms with Gasteiger partial charge in [0.05, 0.1) is 6.54 Å². The number of nitrogens with zero attached hydrogens (tertiary/aromatic N) is 4. The lowest BCUT2D eigenvalue weighted by Crippen LogP contribution is -2.21. The first-order chi connectivity index (χ1) is 10.4. The maximum absolute atomic E-state index is 12.7. The molecule has 0 saturated heterocycles. The molecule has 0 aliphatic heterocycles. The van der Waals surface area contributed by atoms with E-state index in [9.17, 15) is 13.2 Å². The van der Waals surface area contributed by atoms with Crippen molar-refractivity contribution in [1.29, 1.82) is 0 Å². The topological polar surface area (TPSA) is 55.1 Å². The SMILES string of the molecule is CN(Cc1noc2ccccc12)c1nccc(C(F)(F)F)n1. The van der Waals surface area contributed by atoms with Crippen molar-refractivity contribution in [2.45, 2.75) is 12.7 Å². The Morgan fingerprint density at radius 3 is 2.73 bits per heavy atom. The summed E-state index contributed by atoms with van der Waals surface area (Å²) in [6.07, 6.45) is -3.42. The Labute approximate surface area is 123 Å². The van der Waals surface area contributed by atoms with Gasteiger partial charge in [-0.15, -0.1) is 0 Å². The van der Waals surface area contributed by atoms with Crippen molar-refractivity contribution < 1.29 is 17.7 Å². The fourth-order valence-corrected chi connectivity index (χ4v) is 2.04. The first kappa shape index (κ1) is 14.3. The van der Waals surface area contributed by atoms with Crippen molar-refractivity contribution in [2.24, 2.45) is 0 Å². The third kappa shape index (κ3) is 2.72. The molecule has 22 heavy (non-hydrogen) atoms. The van der Waals surface area contributed by atoms with Crippen molar-refractivity contribution in [3.63, 3.8) is 0 Å². The largest absolute Gasteiger partial charge is 0.433 e. The molecule has 3 aromatic rings. The molecule has 0 unspecified atom stereocenters. The molecular weight excluding hydrogens is 297 g/mol. The molecule has 0 fully saturated rings. The summed E-state index contributed by atoms with van der Waals surface area (Å²) in [5, 5.41) is 4.74. The second-order valence-electron chi connectivity index (χ2n) is 4.72. The Balaban J connectivity index is 1.87. The summed E-state index contributed by atoms with van der Waals surface area (Å²) >= 11 is 0. The smallest absolute Gasteiger partial charge is 0.356 e. The maximum atomic E-state index is 12.7. The van der Waals surface area contributed by atoms with E-state index in [-0.39, 0.29) is 12.5 Å². The van der Waals surface area contributed by atoms with Crippen molar-refractivity contribution in [1.82, 2.24) is 15.1 Å². The molecule has 3 rings (SSSR count). The Kier molecular flexibility index (Phi) is 3.44. The number of para-hydroxylation sites is 1. The number of aromatic nitrogens is 3. The van der Waals surface area contributed by atoms with Crippen LogP contribution < -0.4 is 4.90 Å². The molecular formula is C14H11F3N4O. The Bertz CT molecular complexity index is 800. The third-order valence-electron chi connectivity index (χ3n) is 3.11. The summed E-state index contributed by atoms with van der Waals surface area (Å²) in [4.78, 5) is 8.89. The minimum Gasteiger partial charge on any atom is -0.356 e. The molecule has 0 saturated carbocycles. The number of benzene rings is 1. The van der Waals surface area contributed by atoms with Crippen LogP contribution in [0.3, 0.4) is 0 Å². The van der Waals surface area contributed by atoms with E-state index in [2.05, 4.69) is 15.1 Å². The van der Waals surface area contributed by atoms with Gasteiger partial charge < -0.3 is 9.42 Å². The summed E-state index contributed by atoms with van der Waals surface area (Å²) < 4.78 is 43.2. The normalized spacial score (nSPS) is 11.8. The monoisotopic (exact) mass is 308 g/mol. The van der Waals surface area contributed by atoms with E-state index < -0.39 is 11.9 Å². The lowest BCUT2D eigenvalue weighted by Gasteiger charge is -2.16. The van der Waals surface area contributed by atoms with E-state index in [0.717, 1.165) is 17.6 Å². The van der Waals surface area contributed by atoms with E-state index >= 15 is 0 Å². The van der Waals surface area contributed by atoms with Crippen LogP contribution in [-0.4, -0.2) is 22.2 Å². The summed E-state index contributed by atoms with van der Waals surface area (Å²) in [5.74, 6) is -0.0260. The average Bonchev–Trinajstić information content (AvgIpc) is 2.90. The molecule has 2 aromatic heterocycles. The molecule has 0 aliphatic carbocycles. The third-order valence-corrected chi connectivity index (χ3v) is 3.11. The summed E-state index contributed by atoms with van der Waals surface area (Å²) in [5.41, 5.74) is 0.254. The van der Waals surface area contributed by atoms with Crippen molar-refractivity contribution in [3.8, 4) is 0 Å². The molecule has 0 N–H and O–H groups in total. The highest BCUT2D eigenvalue weighted by molar-refractivity contribution is 5.79. The fourth-order valence-electron chi connectivity index (χ4n) is 2.04. The molecule has 0 radical (unpaired) electrons. The Morgan fingerprint density at radius 2 is 1.95 bits per heavy atom. The van der Waals surface area contributed by atoms with Gasteiger partial charge in [-0.05, 0) is 18.2 Å². The zero-order valence-electron chi connectivity index (χ0n) is 11.5. The van der Waals surface area contributed by atoms with Gasteiger partial charge >= 0.3 is 6.18 Å². The predicted molar refractivity (Wildman–Crippen MR) is 73.2 cm³/mol. The summed E-state index contributed by atoms with van der Waals surface area (Å²) in [6, 6.07) is 8.10. The standard InChI is InChI=1S/C14H11F3N4O/c1-21(13-18-7-6-12(19-13)14(15,16)17)8-10-9-4-2-3-5-11(9)22-20-10/h2-7H,8H2,1H3. The number of rotatable bonds is 3. The van der Waals surface area contributed by atoms with Gasteiger partial charge in [0, 0.05) is 18.6 Å². The maximum Gasteiger partial charge on any atom is 0.433 e. The molecule has 0 spiro atoms. The average molecular weight is 308 g/mol. The van der Waals surface area contributed by atoms with Crippen LogP contribution in [0.4, 0.5) is 19.1 Å². The highest BCUT2D eigenvalue weighted by Crippen LogP contribution is 2.28. The van der Waals surface area contributed by atoms with Crippen LogP contribution >= 0.6 is 0 Å². The van der Waals surface area contributed by atoms with Crippen LogP contribution in [0.25, 0.3) is 11.0 Å². The van der Waals surface area contributed by atoms with E-state index in [1.54, 1.807) is 13.1 Å². The van der Waals surface area contributed by atoms with E-state index in [1.165, 1.54) is 4.90 Å². The molecule has 114 valence electrons. The summed E-state index contributed by atoms with van der Waals surface area (Å²) in [6.45, 7) is 0.234. The van der Waals surface area contributed by atoms with Gasteiger partial charge in [0.1, 0.15) is 11.4 Å². The molecule has 0 bridgehead atoms. The summed E-state index contributed by atoms with van der Waals surface area (Å²) in [7, 11) is 1.60. The van der Waals surface area contributed by atoms with Crippen LogP contribution in [0.1, 0.15) is 11.4 Å². The van der Waals surface area contributed by atoms with Gasteiger partial charge in [-0.1, -0.05) is 17.3 Å². The van der Waals surface area contributed by atoms with E-state index in [4.69, 9.17) is 4.52 Å². The Hall–Kier alpha value is -2.64. The second kappa shape index (κ2) is 5.28. The minimum atomic E-state index is -4.50. The predicted octanol–water partition coefficient (Wildman–Crippen LogP) is 3.27. The second-order valence-corrected chi connectivity index (χ2v) is 4.72. The van der Waals surface area contributed by atoms with Crippen LogP contribution in [0, 0.1) is 0 Å². The molecule has 2 heterocycles. The fraction of sp³-hybridized carbons (Fsp3) is 0.214. The van der Waals surface area contributed by atoms with Gasteiger partial charge in [0.25, 0.3) is 0 Å². The number of anilines is 1. The molecule has 0 atom stereocenters. The molecule has 8 heteroatoms. The number of halogens is 3. The highest BCUT2D eigenvalue weighted by atomic mass is 19.4. The van der Waals surface area contributed by atoms with Gasteiger partial charge in [-0.2, -0.15) is 13.2 Å². The minimum absolute atomic E-state index is 0.0260. The van der Waals surface area contributed by atoms with Crippen molar-refractivity contribution >= 4 is 16.9 Å². The number of alkyl halides is 3. The molecule has 0 amide bonds. The highest BCUT2D eigenvalue weighted by Gasteiger charge is 2.33. The van der Waals surface area contributed by atoms with E-state index in [1.807, 2.05) is 18.2 Å². The molecule has 5 nitrogen and oxygen atoms in total. The van der Waals surface area contributed by atoms with Crippen LogP contribution in [0.2, 0.25) is 0 Å². The number of hydrogen-bond donors (Lipinski definition) is 0. The van der Waals surface area contributed by atoms with Gasteiger partial charge in [0.2, 0.25) is 5.95 Å². The van der Waals surface area contributed by atoms with Gasteiger partial charge in [-0.3, -0.25) is 0 Å². The number of hydrogen-bond acceptors (Lipinski definition) is 5. The van der Waals surface area contributed by atoms with Crippen LogP contribution in [0.15, 0.2) is 41.1 Å².